The summed E-state index contributed by atoms with van der Waals surface area (Å²) in [6.07, 6.45) is 1.10. The van der Waals surface area contributed by atoms with E-state index in [-0.39, 0.29) is 17.9 Å². The molecule has 5 heteroatoms. The maximum atomic E-state index is 12.5. The number of para-hydroxylation sites is 2. The van der Waals surface area contributed by atoms with E-state index in [1.807, 2.05) is 48.5 Å². The van der Waals surface area contributed by atoms with Crippen molar-refractivity contribution in [3.8, 4) is 5.75 Å². The van der Waals surface area contributed by atoms with E-state index in [0.29, 0.717) is 12.8 Å². The molecule has 1 atom stereocenters. The molecule has 2 N–H and O–H groups in total. The van der Waals surface area contributed by atoms with Crippen molar-refractivity contribution in [1.29, 1.82) is 0 Å². The highest BCUT2D eigenvalue weighted by Gasteiger charge is 2.21. The van der Waals surface area contributed by atoms with E-state index in [1.165, 1.54) is 0 Å². The second kappa shape index (κ2) is 8.04. The number of rotatable bonds is 7. The average Bonchev–Trinajstić information content (AvgIpc) is 3.08. The number of methoxy groups -OCH3 is 1. The van der Waals surface area contributed by atoms with Gasteiger partial charge in [0.15, 0.2) is 0 Å². The first kappa shape index (κ1) is 18.0. The molecule has 3 rings (SSSR count). The second-order valence-corrected chi connectivity index (χ2v) is 6.78. The minimum atomic E-state index is -0.139. The summed E-state index contributed by atoms with van der Waals surface area (Å²) in [6.45, 7) is 4.17. The number of H-pyrrole nitrogens is 1. The number of hydrogen-bond donors (Lipinski definition) is 2. The highest BCUT2D eigenvalue weighted by molar-refractivity contribution is 5.77. The van der Waals surface area contributed by atoms with Gasteiger partial charge < -0.3 is 15.0 Å². The summed E-state index contributed by atoms with van der Waals surface area (Å²) in [6, 6.07) is 15.6. The zero-order chi connectivity index (χ0) is 18.5. The lowest BCUT2D eigenvalue weighted by atomic mass is 10.0. The summed E-state index contributed by atoms with van der Waals surface area (Å²) in [5.74, 6) is 1.87. The maximum absolute atomic E-state index is 12.5. The van der Waals surface area contributed by atoms with Crippen molar-refractivity contribution in [3.63, 3.8) is 0 Å². The van der Waals surface area contributed by atoms with E-state index < -0.39 is 0 Å². The SMILES string of the molecule is COc1cccc(CCC(=O)NC(c2nc3ccccc3[nH]2)C(C)C)c1. The van der Waals surface area contributed by atoms with Crippen molar-refractivity contribution in [2.45, 2.75) is 32.7 Å². The van der Waals surface area contributed by atoms with Crippen LogP contribution in [0.15, 0.2) is 48.5 Å². The Hall–Kier alpha value is -2.82. The van der Waals surface area contributed by atoms with E-state index >= 15 is 0 Å². The number of aromatic nitrogens is 2. The fourth-order valence-electron chi connectivity index (χ4n) is 3.00. The smallest absolute Gasteiger partial charge is 0.220 e. The average molecular weight is 351 g/mol. The summed E-state index contributed by atoms with van der Waals surface area (Å²) in [5.41, 5.74) is 2.99. The first-order chi connectivity index (χ1) is 12.6. The number of carbonyl (C=O) groups is 1. The third-order valence-corrected chi connectivity index (χ3v) is 4.46. The number of ether oxygens (including phenoxy) is 1. The van der Waals surface area contributed by atoms with E-state index in [9.17, 15) is 4.79 Å². The third-order valence-electron chi connectivity index (χ3n) is 4.46. The molecule has 5 nitrogen and oxygen atoms in total. The number of nitrogens with zero attached hydrogens (tertiary/aromatic N) is 1. The summed E-state index contributed by atoms with van der Waals surface area (Å²) in [5, 5.41) is 3.13. The molecular formula is C21H25N3O2. The number of imidazole rings is 1. The minimum absolute atomic E-state index is 0.0203. The van der Waals surface area contributed by atoms with Crippen LogP contribution in [0.4, 0.5) is 0 Å². The zero-order valence-corrected chi connectivity index (χ0v) is 15.5. The first-order valence-electron chi connectivity index (χ1n) is 8.93. The minimum Gasteiger partial charge on any atom is -0.497 e. The van der Waals surface area contributed by atoms with Gasteiger partial charge in [-0.25, -0.2) is 4.98 Å². The molecule has 0 aliphatic heterocycles. The molecule has 1 unspecified atom stereocenters. The van der Waals surface area contributed by atoms with Gasteiger partial charge in [-0.1, -0.05) is 38.1 Å². The van der Waals surface area contributed by atoms with E-state index in [2.05, 4.69) is 29.1 Å². The van der Waals surface area contributed by atoms with E-state index in [1.54, 1.807) is 7.11 Å². The van der Waals surface area contributed by atoms with Crippen LogP contribution in [0.2, 0.25) is 0 Å². The van der Waals surface area contributed by atoms with Crippen LogP contribution in [-0.4, -0.2) is 23.0 Å². The molecule has 0 saturated heterocycles. The van der Waals surface area contributed by atoms with E-state index in [0.717, 1.165) is 28.2 Å². The number of benzene rings is 2. The number of aromatic amines is 1. The Morgan fingerprint density at radius 1 is 1.19 bits per heavy atom. The fourth-order valence-corrected chi connectivity index (χ4v) is 3.00. The highest BCUT2D eigenvalue weighted by Crippen LogP contribution is 2.22. The monoisotopic (exact) mass is 351 g/mol. The molecule has 2 aromatic carbocycles. The molecule has 0 radical (unpaired) electrons. The predicted molar refractivity (Wildman–Crippen MR) is 103 cm³/mol. The van der Waals surface area contributed by atoms with Crippen LogP contribution in [0, 0.1) is 5.92 Å². The van der Waals surface area contributed by atoms with Crippen LogP contribution < -0.4 is 10.1 Å². The number of nitrogens with one attached hydrogen (secondary N) is 2. The molecule has 136 valence electrons. The zero-order valence-electron chi connectivity index (χ0n) is 15.5. The molecule has 1 heterocycles. The van der Waals surface area contributed by atoms with Gasteiger partial charge in [0.1, 0.15) is 11.6 Å². The Kier molecular flexibility index (Phi) is 5.56. The van der Waals surface area contributed by atoms with Crippen molar-refractivity contribution in [2.75, 3.05) is 7.11 Å². The molecule has 1 amide bonds. The predicted octanol–water partition coefficient (Wildman–Crippen LogP) is 4.02. The molecule has 1 aromatic heterocycles. The Morgan fingerprint density at radius 2 is 2.00 bits per heavy atom. The number of fused-ring (bicyclic) bond motifs is 1. The molecule has 0 aliphatic carbocycles. The Bertz CT molecular complexity index is 853. The van der Waals surface area contributed by atoms with Gasteiger partial charge in [0.05, 0.1) is 24.2 Å². The summed E-state index contributed by atoms with van der Waals surface area (Å²) < 4.78 is 5.23. The molecule has 0 aliphatic rings. The standard InChI is InChI=1S/C21H25N3O2/c1-14(2)20(21-22-17-9-4-5-10-18(17)23-21)24-19(25)12-11-15-7-6-8-16(13-15)26-3/h4-10,13-14,20H,11-12H2,1-3H3,(H,22,23)(H,24,25). The van der Waals surface area contributed by atoms with Gasteiger partial charge in [-0.05, 0) is 42.2 Å². The van der Waals surface area contributed by atoms with Gasteiger partial charge in [0.25, 0.3) is 0 Å². The number of hydrogen-bond acceptors (Lipinski definition) is 3. The fraction of sp³-hybridized carbons (Fsp3) is 0.333. The van der Waals surface area contributed by atoms with Crippen LogP contribution in [0.5, 0.6) is 5.75 Å². The molecule has 0 bridgehead atoms. The number of aryl methyl sites for hydroxylation is 1. The van der Waals surface area contributed by atoms with Crippen LogP contribution >= 0.6 is 0 Å². The maximum Gasteiger partial charge on any atom is 0.220 e. The van der Waals surface area contributed by atoms with Crippen LogP contribution in [0.25, 0.3) is 11.0 Å². The van der Waals surface area contributed by atoms with Crippen LogP contribution in [0.1, 0.15) is 37.7 Å². The first-order valence-corrected chi connectivity index (χ1v) is 8.93. The summed E-state index contributed by atoms with van der Waals surface area (Å²) in [4.78, 5) is 20.5. The summed E-state index contributed by atoms with van der Waals surface area (Å²) in [7, 11) is 1.65. The summed E-state index contributed by atoms with van der Waals surface area (Å²) >= 11 is 0. The molecule has 26 heavy (non-hydrogen) atoms. The van der Waals surface area contributed by atoms with Gasteiger partial charge in [-0.2, -0.15) is 0 Å². The number of carbonyl (C=O) groups excluding carboxylic acids is 1. The molecule has 3 aromatic rings. The third kappa shape index (κ3) is 4.23. The van der Waals surface area contributed by atoms with Gasteiger partial charge >= 0.3 is 0 Å². The normalized spacial score (nSPS) is 12.3. The van der Waals surface area contributed by atoms with Gasteiger partial charge in [0.2, 0.25) is 5.91 Å². The lowest BCUT2D eigenvalue weighted by Gasteiger charge is -2.20. The topological polar surface area (TPSA) is 67.0 Å². The van der Waals surface area contributed by atoms with Crippen molar-refractivity contribution >= 4 is 16.9 Å². The van der Waals surface area contributed by atoms with E-state index in [4.69, 9.17) is 4.74 Å². The van der Waals surface area contributed by atoms with Crippen molar-refractivity contribution in [1.82, 2.24) is 15.3 Å². The van der Waals surface area contributed by atoms with Gasteiger partial charge in [-0.15, -0.1) is 0 Å². The second-order valence-electron chi connectivity index (χ2n) is 6.78. The van der Waals surface area contributed by atoms with Crippen LogP contribution in [0.3, 0.4) is 0 Å². The van der Waals surface area contributed by atoms with Crippen LogP contribution in [-0.2, 0) is 11.2 Å². The molecule has 0 spiro atoms. The Morgan fingerprint density at radius 3 is 2.73 bits per heavy atom. The molecular weight excluding hydrogens is 326 g/mol. The quantitative estimate of drug-likeness (QED) is 0.676. The van der Waals surface area contributed by atoms with Gasteiger partial charge in [-0.3, -0.25) is 4.79 Å². The lowest BCUT2D eigenvalue weighted by molar-refractivity contribution is -0.122. The van der Waals surface area contributed by atoms with Crippen molar-refractivity contribution < 1.29 is 9.53 Å². The lowest BCUT2D eigenvalue weighted by Crippen LogP contribution is -2.32. The van der Waals surface area contributed by atoms with Crippen molar-refractivity contribution in [2.24, 2.45) is 5.92 Å². The Balaban J connectivity index is 1.66. The Labute approximate surface area is 153 Å². The highest BCUT2D eigenvalue weighted by atomic mass is 16.5. The van der Waals surface area contributed by atoms with Gasteiger partial charge in [0, 0.05) is 6.42 Å². The number of amides is 1. The largest absolute Gasteiger partial charge is 0.497 e. The molecule has 0 saturated carbocycles. The molecule has 0 fully saturated rings. The van der Waals surface area contributed by atoms with Crippen molar-refractivity contribution in [3.05, 3.63) is 59.9 Å².